The van der Waals surface area contributed by atoms with E-state index in [2.05, 4.69) is 11.4 Å². The van der Waals surface area contributed by atoms with Crippen molar-refractivity contribution in [1.82, 2.24) is 0 Å². The highest BCUT2D eigenvalue weighted by atomic mass is 16.5. The first-order valence-electron chi connectivity index (χ1n) is 7.30. The highest BCUT2D eigenvalue weighted by Gasteiger charge is 2.10. The zero-order valence-corrected chi connectivity index (χ0v) is 13.3. The molecule has 0 aliphatic rings. The molecule has 0 spiro atoms. The molecule has 0 atom stereocenters. The molecule has 0 aromatic heterocycles. The zero-order chi connectivity index (χ0) is 16.8. The Kier molecular flexibility index (Phi) is 5.49. The number of rotatable bonds is 6. The normalized spacial score (nSPS) is 10.3. The molecule has 2 aromatic rings. The summed E-state index contributed by atoms with van der Waals surface area (Å²) in [6.07, 6.45) is 0. The summed E-state index contributed by atoms with van der Waals surface area (Å²) in [6.45, 7) is 4.30. The summed E-state index contributed by atoms with van der Waals surface area (Å²) in [5, 5.41) is 2.64. The van der Waals surface area contributed by atoms with E-state index in [0.717, 1.165) is 11.1 Å². The highest BCUT2D eigenvalue weighted by Crippen LogP contribution is 2.14. The van der Waals surface area contributed by atoms with Crippen LogP contribution in [-0.2, 0) is 16.1 Å². The van der Waals surface area contributed by atoms with Crippen LogP contribution in [0.2, 0.25) is 0 Å². The number of carbonyl (C=O) groups excluding carboxylic acids is 2. The molecule has 2 aromatic carbocycles. The number of hydrogen-bond acceptors (Lipinski definition) is 3. The Morgan fingerprint density at radius 3 is 2.57 bits per heavy atom. The Morgan fingerprint density at radius 1 is 1.13 bits per heavy atom. The van der Waals surface area contributed by atoms with Gasteiger partial charge in [-0.15, -0.1) is 0 Å². The number of benzene rings is 2. The number of carbonyl (C=O) groups is 2. The van der Waals surface area contributed by atoms with E-state index in [9.17, 15) is 9.59 Å². The molecule has 0 unspecified atom stereocenters. The van der Waals surface area contributed by atoms with E-state index in [1.807, 2.05) is 26.0 Å². The maximum atomic E-state index is 11.9. The van der Waals surface area contributed by atoms with Crippen molar-refractivity contribution in [3.63, 3.8) is 0 Å². The van der Waals surface area contributed by atoms with Crippen LogP contribution in [0.25, 0.3) is 0 Å². The van der Waals surface area contributed by atoms with Crippen molar-refractivity contribution in [2.24, 2.45) is 5.73 Å². The molecule has 0 saturated carbocycles. The van der Waals surface area contributed by atoms with E-state index in [0.29, 0.717) is 12.3 Å². The third-order valence-electron chi connectivity index (χ3n) is 3.46. The number of nitrogens with two attached hydrogens (primary N) is 1. The molecular weight excluding hydrogens is 292 g/mol. The molecule has 2 amide bonds. The Hall–Kier alpha value is -2.66. The predicted octanol–water partition coefficient (Wildman–Crippen LogP) is 2.56. The minimum atomic E-state index is -0.586. The number of hydrogen-bond donors (Lipinski definition) is 2. The van der Waals surface area contributed by atoms with Gasteiger partial charge < -0.3 is 15.8 Å². The van der Waals surface area contributed by atoms with E-state index in [1.165, 1.54) is 5.56 Å². The van der Waals surface area contributed by atoms with Gasteiger partial charge in [-0.25, -0.2) is 0 Å². The van der Waals surface area contributed by atoms with Crippen LogP contribution in [0, 0.1) is 13.8 Å². The SMILES string of the molecule is Cc1ccc(COCC(=O)Nc2ccccc2C(N)=O)c(C)c1. The highest BCUT2D eigenvalue weighted by molar-refractivity contribution is 6.03. The molecule has 3 N–H and O–H groups in total. The van der Waals surface area contributed by atoms with Crippen molar-refractivity contribution in [2.75, 3.05) is 11.9 Å². The van der Waals surface area contributed by atoms with Gasteiger partial charge in [0.2, 0.25) is 5.91 Å². The number of anilines is 1. The molecule has 0 aliphatic carbocycles. The van der Waals surface area contributed by atoms with Crippen LogP contribution in [0.15, 0.2) is 42.5 Å². The average molecular weight is 312 g/mol. The Morgan fingerprint density at radius 2 is 1.87 bits per heavy atom. The minimum absolute atomic E-state index is 0.0968. The molecule has 23 heavy (non-hydrogen) atoms. The van der Waals surface area contributed by atoms with E-state index in [4.69, 9.17) is 10.5 Å². The lowest BCUT2D eigenvalue weighted by Gasteiger charge is -2.10. The van der Waals surface area contributed by atoms with Crippen LogP contribution in [0.4, 0.5) is 5.69 Å². The van der Waals surface area contributed by atoms with Gasteiger partial charge >= 0.3 is 0 Å². The van der Waals surface area contributed by atoms with Gasteiger partial charge in [-0.05, 0) is 37.1 Å². The Bertz CT molecular complexity index is 726. The fourth-order valence-electron chi connectivity index (χ4n) is 2.25. The lowest BCUT2D eigenvalue weighted by atomic mass is 10.1. The summed E-state index contributed by atoms with van der Waals surface area (Å²) < 4.78 is 5.45. The first-order chi connectivity index (χ1) is 11.0. The van der Waals surface area contributed by atoms with E-state index >= 15 is 0 Å². The largest absolute Gasteiger partial charge is 0.367 e. The van der Waals surface area contributed by atoms with Crippen LogP contribution in [0.3, 0.4) is 0 Å². The molecule has 0 radical (unpaired) electrons. The number of aryl methyl sites for hydroxylation is 2. The summed E-state index contributed by atoms with van der Waals surface area (Å²) in [5.41, 5.74) is 9.29. The van der Waals surface area contributed by atoms with Crippen molar-refractivity contribution in [3.05, 3.63) is 64.7 Å². The molecule has 120 valence electrons. The average Bonchev–Trinajstić information content (AvgIpc) is 2.50. The standard InChI is InChI=1S/C18H20N2O3/c1-12-7-8-14(13(2)9-12)10-23-11-17(21)20-16-6-4-3-5-15(16)18(19)22/h3-9H,10-11H2,1-2H3,(H2,19,22)(H,20,21). The van der Waals surface area contributed by atoms with Crippen molar-refractivity contribution in [3.8, 4) is 0 Å². The van der Waals surface area contributed by atoms with Gasteiger partial charge in [-0.3, -0.25) is 9.59 Å². The molecule has 0 fully saturated rings. The van der Waals surface area contributed by atoms with Crippen LogP contribution in [0.5, 0.6) is 0 Å². The molecule has 5 heteroatoms. The van der Waals surface area contributed by atoms with Crippen molar-refractivity contribution in [1.29, 1.82) is 0 Å². The van der Waals surface area contributed by atoms with E-state index in [1.54, 1.807) is 24.3 Å². The van der Waals surface area contributed by atoms with Gasteiger partial charge in [0.25, 0.3) is 5.91 Å². The van der Waals surface area contributed by atoms with Gasteiger partial charge in [-0.1, -0.05) is 35.9 Å². The molecule has 0 bridgehead atoms. The van der Waals surface area contributed by atoms with Crippen LogP contribution in [-0.4, -0.2) is 18.4 Å². The predicted molar refractivity (Wildman–Crippen MR) is 89.2 cm³/mol. The molecule has 0 heterocycles. The number of nitrogens with one attached hydrogen (secondary N) is 1. The van der Waals surface area contributed by atoms with Gasteiger partial charge in [-0.2, -0.15) is 0 Å². The Balaban J connectivity index is 1.90. The summed E-state index contributed by atoms with van der Waals surface area (Å²) in [7, 11) is 0. The number of para-hydroxylation sites is 1. The molecule has 0 saturated heterocycles. The van der Waals surface area contributed by atoms with Crippen molar-refractivity contribution >= 4 is 17.5 Å². The van der Waals surface area contributed by atoms with Crippen LogP contribution < -0.4 is 11.1 Å². The van der Waals surface area contributed by atoms with E-state index < -0.39 is 5.91 Å². The van der Waals surface area contributed by atoms with Crippen molar-refractivity contribution in [2.45, 2.75) is 20.5 Å². The minimum Gasteiger partial charge on any atom is -0.367 e. The topological polar surface area (TPSA) is 81.4 Å². The lowest BCUT2D eigenvalue weighted by Crippen LogP contribution is -2.21. The second kappa shape index (κ2) is 7.56. The third kappa shape index (κ3) is 4.66. The monoisotopic (exact) mass is 312 g/mol. The molecular formula is C18H20N2O3. The molecule has 5 nitrogen and oxygen atoms in total. The maximum absolute atomic E-state index is 11.9. The second-order valence-corrected chi connectivity index (χ2v) is 5.38. The fourth-order valence-corrected chi connectivity index (χ4v) is 2.25. The summed E-state index contributed by atoms with van der Waals surface area (Å²) in [4.78, 5) is 23.2. The van der Waals surface area contributed by atoms with Gasteiger partial charge in [0.15, 0.2) is 0 Å². The lowest BCUT2D eigenvalue weighted by molar-refractivity contribution is -0.121. The maximum Gasteiger partial charge on any atom is 0.250 e. The van der Waals surface area contributed by atoms with Crippen molar-refractivity contribution < 1.29 is 14.3 Å². The Labute approximate surface area is 135 Å². The fraction of sp³-hybridized carbons (Fsp3) is 0.222. The van der Waals surface area contributed by atoms with Crippen LogP contribution >= 0.6 is 0 Å². The first kappa shape index (κ1) is 16.7. The summed E-state index contributed by atoms with van der Waals surface area (Å²) >= 11 is 0. The van der Waals surface area contributed by atoms with Gasteiger partial charge in [0.05, 0.1) is 17.9 Å². The third-order valence-corrected chi connectivity index (χ3v) is 3.46. The number of primary amides is 1. The van der Waals surface area contributed by atoms with Gasteiger partial charge in [0, 0.05) is 0 Å². The first-order valence-corrected chi connectivity index (χ1v) is 7.30. The zero-order valence-electron chi connectivity index (χ0n) is 13.3. The van der Waals surface area contributed by atoms with Gasteiger partial charge in [0.1, 0.15) is 6.61 Å². The summed E-state index contributed by atoms with van der Waals surface area (Å²) in [5.74, 6) is -0.916. The quantitative estimate of drug-likeness (QED) is 0.860. The number of ether oxygens (including phenoxy) is 1. The summed E-state index contributed by atoms with van der Waals surface area (Å²) in [6, 6.07) is 12.7. The van der Waals surface area contributed by atoms with E-state index in [-0.39, 0.29) is 18.1 Å². The second-order valence-electron chi connectivity index (χ2n) is 5.38. The number of amides is 2. The molecule has 0 aliphatic heterocycles. The van der Waals surface area contributed by atoms with Crippen LogP contribution in [0.1, 0.15) is 27.0 Å². The molecule has 2 rings (SSSR count). The smallest absolute Gasteiger partial charge is 0.250 e.